The van der Waals surface area contributed by atoms with E-state index < -0.39 is 0 Å². The standard InChI is InChI=1S/C18H32N4O5/c1-3-26-17(24)21-9-6-15(7-10-21)19-8-5-16(23)20-11-13-22(14-12-20)18(25)27-4-2/h15,19H,3-14H2,1-2H3. The van der Waals surface area contributed by atoms with E-state index in [-0.39, 0.29) is 18.1 Å². The van der Waals surface area contributed by atoms with Gasteiger partial charge in [0.15, 0.2) is 0 Å². The molecule has 0 aromatic carbocycles. The van der Waals surface area contributed by atoms with Crippen molar-refractivity contribution in [2.24, 2.45) is 0 Å². The van der Waals surface area contributed by atoms with Crippen LogP contribution >= 0.6 is 0 Å². The first-order valence-corrected chi connectivity index (χ1v) is 9.89. The van der Waals surface area contributed by atoms with E-state index >= 15 is 0 Å². The minimum absolute atomic E-state index is 0.106. The summed E-state index contributed by atoms with van der Waals surface area (Å²) in [7, 11) is 0. The highest BCUT2D eigenvalue weighted by atomic mass is 16.6. The summed E-state index contributed by atoms with van der Waals surface area (Å²) in [5.74, 6) is 0.106. The van der Waals surface area contributed by atoms with Gasteiger partial charge < -0.3 is 29.5 Å². The van der Waals surface area contributed by atoms with Crippen LogP contribution < -0.4 is 5.32 Å². The Kier molecular flexibility index (Phi) is 8.63. The van der Waals surface area contributed by atoms with Crippen LogP contribution in [0.1, 0.15) is 33.1 Å². The molecular formula is C18H32N4O5. The van der Waals surface area contributed by atoms with Gasteiger partial charge >= 0.3 is 12.2 Å². The van der Waals surface area contributed by atoms with Crippen molar-refractivity contribution in [1.82, 2.24) is 20.0 Å². The predicted octanol–water partition coefficient (Wildman–Crippen LogP) is 0.888. The SMILES string of the molecule is CCOC(=O)N1CCC(NCCC(=O)N2CCN(C(=O)OCC)CC2)CC1. The summed E-state index contributed by atoms with van der Waals surface area (Å²) in [6.45, 7) is 8.47. The van der Waals surface area contributed by atoms with Gasteiger partial charge in [0, 0.05) is 58.3 Å². The smallest absolute Gasteiger partial charge is 0.409 e. The fraction of sp³-hybridized carbons (Fsp3) is 0.833. The lowest BCUT2D eigenvalue weighted by atomic mass is 10.1. The molecule has 2 fully saturated rings. The maximum atomic E-state index is 12.3. The number of likely N-dealkylation sites (tertiary alicyclic amines) is 1. The summed E-state index contributed by atoms with van der Waals surface area (Å²) in [6.07, 6.45) is 1.63. The van der Waals surface area contributed by atoms with Crippen molar-refractivity contribution < 1.29 is 23.9 Å². The number of nitrogens with zero attached hydrogens (tertiary/aromatic N) is 3. The number of hydrogen-bond acceptors (Lipinski definition) is 6. The molecule has 1 N–H and O–H groups in total. The highest BCUT2D eigenvalue weighted by Gasteiger charge is 2.26. The number of amides is 3. The van der Waals surface area contributed by atoms with E-state index in [9.17, 15) is 14.4 Å². The Morgan fingerprint density at radius 2 is 1.30 bits per heavy atom. The second-order valence-corrected chi connectivity index (χ2v) is 6.73. The molecule has 0 spiro atoms. The van der Waals surface area contributed by atoms with Crippen LogP contribution in [0, 0.1) is 0 Å². The van der Waals surface area contributed by atoms with E-state index in [1.165, 1.54) is 0 Å². The topological polar surface area (TPSA) is 91.4 Å². The van der Waals surface area contributed by atoms with Gasteiger partial charge in [0.25, 0.3) is 0 Å². The minimum Gasteiger partial charge on any atom is -0.450 e. The Bertz CT molecular complexity index is 500. The van der Waals surface area contributed by atoms with Gasteiger partial charge in [-0.3, -0.25) is 4.79 Å². The summed E-state index contributed by atoms with van der Waals surface area (Å²) in [4.78, 5) is 40.9. The molecule has 0 aromatic heterocycles. The average molecular weight is 384 g/mol. The van der Waals surface area contributed by atoms with Gasteiger partial charge in [-0.05, 0) is 26.7 Å². The second-order valence-electron chi connectivity index (χ2n) is 6.73. The fourth-order valence-corrected chi connectivity index (χ4v) is 3.38. The molecule has 0 aliphatic carbocycles. The monoisotopic (exact) mass is 384 g/mol. The molecule has 2 rings (SSSR count). The van der Waals surface area contributed by atoms with Crippen LogP contribution in [0.3, 0.4) is 0 Å². The predicted molar refractivity (Wildman–Crippen MR) is 99.4 cm³/mol. The number of carbonyl (C=O) groups is 3. The quantitative estimate of drug-likeness (QED) is 0.731. The molecule has 3 amide bonds. The van der Waals surface area contributed by atoms with Crippen molar-refractivity contribution in [2.45, 2.75) is 39.2 Å². The van der Waals surface area contributed by atoms with Crippen molar-refractivity contribution in [3.8, 4) is 0 Å². The number of carbonyl (C=O) groups excluding carboxylic acids is 3. The Balaban J connectivity index is 1.59. The molecule has 2 saturated heterocycles. The molecule has 0 aromatic rings. The number of piperidine rings is 1. The Morgan fingerprint density at radius 3 is 1.81 bits per heavy atom. The fourth-order valence-electron chi connectivity index (χ4n) is 3.38. The molecule has 2 aliphatic rings. The summed E-state index contributed by atoms with van der Waals surface area (Å²) in [5.41, 5.74) is 0. The first-order valence-electron chi connectivity index (χ1n) is 9.89. The zero-order valence-electron chi connectivity index (χ0n) is 16.4. The molecule has 0 saturated carbocycles. The van der Waals surface area contributed by atoms with Crippen molar-refractivity contribution in [3.05, 3.63) is 0 Å². The van der Waals surface area contributed by atoms with Gasteiger partial charge in [-0.15, -0.1) is 0 Å². The van der Waals surface area contributed by atoms with Gasteiger partial charge in [0.2, 0.25) is 5.91 Å². The van der Waals surface area contributed by atoms with E-state index in [0.29, 0.717) is 71.5 Å². The van der Waals surface area contributed by atoms with Crippen LogP contribution in [-0.2, 0) is 14.3 Å². The Morgan fingerprint density at radius 1 is 0.815 bits per heavy atom. The zero-order chi connectivity index (χ0) is 19.6. The summed E-state index contributed by atoms with van der Waals surface area (Å²) < 4.78 is 10.0. The molecule has 0 bridgehead atoms. The van der Waals surface area contributed by atoms with Crippen molar-refractivity contribution in [3.63, 3.8) is 0 Å². The van der Waals surface area contributed by atoms with E-state index in [0.717, 1.165) is 12.8 Å². The van der Waals surface area contributed by atoms with Gasteiger partial charge in [-0.25, -0.2) is 9.59 Å². The first kappa shape index (κ1) is 21.3. The number of ether oxygens (including phenoxy) is 2. The van der Waals surface area contributed by atoms with Gasteiger partial charge in [-0.1, -0.05) is 0 Å². The van der Waals surface area contributed by atoms with Gasteiger partial charge in [-0.2, -0.15) is 0 Å². The Labute approximate surface area is 160 Å². The van der Waals surface area contributed by atoms with E-state index in [1.54, 1.807) is 28.5 Å². The molecule has 27 heavy (non-hydrogen) atoms. The van der Waals surface area contributed by atoms with Crippen LogP contribution in [0.15, 0.2) is 0 Å². The Hall–Kier alpha value is -2.03. The molecule has 2 aliphatic heterocycles. The lowest BCUT2D eigenvalue weighted by Crippen LogP contribution is -2.51. The number of nitrogens with one attached hydrogen (secondary N) is 1. The molecule has 9 heteroatoms. The first-order chi connectivity index (χ1) is 13.0. The van der Waals surface area contributed by atoms with Crippen LogP contribution in [0.4, 0.5) is 9.59 Å². The lowest BCUT2D eigenvalue weighted by Gasteiger charge is -2.34. The third-order valence-corrected chi connectivity index (χ3v) is 4.95. The highest BCUT2D eigenvalue weighted by Crippen LogP contribution is 2.12. The lowest BCUT2D eigenvalue weighted by molar-refractivity contribution is -0.132. The van der Waals surface area contributed by atoms with E-state index in [2.05, 4.69) is 5.32 Å². The summed E-state index contributed by atoms with van der Waals surface area (Å²) in [6, 6.07) is 0.323. The van der Waals surface area contributed by atoms with Crippen LogP contribution in [0.2, 0.25) is 0 Å². The molecular weight excluding hydrogens is 352 g/mol. The van der Waals surface area contributed by atoms with E-state index in [4.69, 9.17) is 9.47 Å². The highest BCUT2D eigenvalue weighted by molar-refractivity contribution is 5.77. The van der Waals surface area contributed by atoms with Crippen molar-refractivity contribution >= 4 is 18.1 Å². The van der Waals surface area contributed by atoms with E-state index in [1.807, 2.05) is 0 Å². The van der Waals surface area contributed by atoms with Crippen LogP contribution in [0.5, 0.6) is 0 Å². The maximum absolute atomic E-state index is 12.3. The molecule has 0 radical (unpaired) electrons. The molecule has 0 unspecified atom stereocenters. The van der Waals surface area contributed by atoms with Crippen molar-refractivity contribution in [1.29, 1.82) is 0 Å². The molecule has 154 valence electrons. The maximum Gasteiger partial charge on any atom is 0.409 e. The summed E-state index contributed by atoms with van der Waals surface area (Å²) in [5, 5.41) is 3.42. The number of rotatable bonds is 6. The number of piperazine rings is 1. The third kappa shape index (κ3) is 6.57. The minimum atomic E-state index is -0.305. The van der Waals surface area contributed by atoms with Crippen molar-refractivity contribution in [2.75, 3.05) is 59.0 Å². The molecule has 9 nitrogen and oxygen atoms in total. The molecule has 2 heterocycles. The molecule has 0 atom stereocenters. The van der Waals surface area contributed by atoms with Crippen LogP contribution in [-0.4, -0.2) is 97.9 Å². The third-order valence-electron chi connectivity index (χ3n) is 4.95. The normalized spacial score (nSPS) is 18.4. The zero-order valence-corrected chi connectivity index (χ0v) is 16.4. The largest absolute Gasteiger partial charge is 0.450 e. The average Bonchev–Trinajstić information content (AvgIpc) is 2.69. The van der Waals surface area contributed by atoms with Gasteiger partial charge in [0.05, 0.1) is 13.2 Å². The summed E-state index contributed by atoms with van der Waals surface area (Å²) >= 11 is 0. The van der Waals surface area contributed by atoms with Gasteiger partial charge in [0.1, 0.15) is 0 Å². The van der Waals surface area contributed by atoms with Crippen LogP contribution in [0.25, 0.3) is 0 Å². The number of hydrogen-bond donors (Lipinski definition) is 1. The second kappa shape index (κ2) is 11.0.